The maximum Gasteiger partial charge on any atom is 0.387 e. The van der Waals surface area contributed by atoms with Crippen molar-refractivity contribution in [1.82, 2.24) is 4.90 Å². The Morgan fingerprint density at radius 1 is 1.16 bits per heavy atom. The highest BCUT2D eigenvalue weighted by molar-refractivity contribution is 6.08. The molecule has 4 rings (SSSR count). The Balaban J connectivity index is 1.83. The first-order valence-electron chi connectivity index (χ1n) is 9.59. The van der Waals surface area contributed by atoms with Gasteiger partial charge >= 0.3 is 6.61 Å². The van der Waals surface area contributed by atoms with Crippen molar-refractivity contribution in [2.24, 2.45) is 15.7 Å². The largest absolute Gasteiger partial charge is 0.435 e. The van der Waals surface area contributed by atoms with Gasteiger partial charge in [0.05, 0.1) is 6.54 Å². The smallest absolute Gasteiger partial charge is 0.387 e. The van der Waals surface area contributed by atoms with E-state index >= 15 is 0 Å². The van der Waals surface area contributed by atoms with Gasteiger partial charge in [0.15, 0.2) is 11.5 Å². The van der Waals surface area contributed by atoms with Gasteiger partial charge in [-0.15, -0.1) is 0 Å². The fraction of sp³-hybridized carbons (Fsp3) is 0.227. The minimum atomic E-state index is -3.00. The van der Waals surface area contributed by atoms with E-state index in [0.717, 1.165) is 11.0 Å². The first kappa shape index (κ1) is 21.5. The number of carbonyl (C=O) groups is 1. The summed E-state index contributed by atoms with van der Waals surface area (Å²) in [5.74, 6) is -2.39. The van der Waals surface area contributed by atoms with E-state index < -0.39 is 35.8 Å². The van der Waals surface area contributed by atoms with Crippen LogP contribution in [0.4, 0.5) is 17.6 Å². The number of rotatable bonds is 5. The lowest BCUT2D eigenvalue weighted by Crippen LogP contribution is -2.41. The summed E-state index contributed by atoms with van der Waals surface area (Å²) in [7, 11) is 1.45. The van der Waals surface area contributed by atoms with E-state index in [9.17, 15) is 22.4 Å². The Labute approximate surface area is 180 Å². The number of amides is 1. The van der Waals surface area contributed by atoms with Gasteiger partial charge in [-0.25, -0.2) is 9.38 Å². The number of dihydropyridines is 1. The van der Waals surface area contributed by atoms with Crippen molar-refractivity contribution in [1.29, 1.82) is 0 Å². The van der Waals surface area contributed by atoms with Crippen LogP contribution in [0.1, 0.15) is 22.6 Å². The lowest BCUT2D eigenvalue weighted by Gasteiger charge is -2.27. The second-order valence-corrected chi connectivity index (χ2v) is 7.31. The third kappa shape index (κ3) is 3.61. The van der Waals surface area contributed by atoms with E-state index in [-0.39, 0.29) is 23.8 Å². The molecule has 2 atom stereocenters. The fourth-order valence-corrected chi connectivity index (χ4v) is 3.81. The predicted octanol–water partition coefficient (Wildman–Crippen LogP) is 3.48. The topological polar surface area (TPSA) is 80.3 Å². The molecule has 0 bridgehead atoms. The monoisotopic (exact) mass is 446 g/mol. The quantitative estimate of drug-likeness (QED) is 0.715. The molecule has 0 aromatic heterocycles. The molecule has 1 amide bonds. The average molecular weight is 446 g/mol. The summed E-state index contributed by atoms with van der Waals surface area (Å²) in [6, 6.07) is 9.50. The van der Waals surface area contributed by atoms with Crippen molar-refractivity contribution in [2.75, 3.05) is 13.6 Å². The zero-order valence-electron chi connectivity index (χ0n) is 16.8. The number of guanidine groups is 1. The number of halogens is 4. The average Bonchev–Trinajstić information content (AvgIpc) is 3.00. The minimum Gasteiger partial charge on any atom is -0.435 e. The number of aliphatic imine (C=N–C) groups is 2. The Hall–Kier alpha value is -3.69. The second-order valence-electron chi connectivity index (χ2n) is 7.31. The Kier molecular flexibility index (Phi) is 5.45. The van der Waals surface area contributed by atoms with E-state index in [4.69, 9.17) is 5.73 Å². The number of likely N-dealkylation sites (N-methyl/N-ethyl adjacent to an activating group) is 1. The van der Waals surface area contributed by atoms with Crippen molar-refractivity contribution in [3.8, 4) is 5.75 Å². The van der Waals surface area contributed by atoms with Crippen LogP contribution in [-0.2, 0) is 10.3 Å². The fourth-order valence-electron chi connectivity index (χ4n) is 3.81. The molecule has 0 saturated carbocycles. The van der Waals surface area contributed by atoms with E-state index in [1.165, 1.54) is 55.6 Å². The Morgan fingerprint density at radius 3 is 2.41 bits per heavy atom. The van der Waals surface area contributed by atoms with Crippen molar-refractivity contribution >= 4 is 17.8 Å². The zero-order chi connectivity index (χ0) is 23.0. The number of hydrogen-bond acceptors (Lipinski definition) is 5. The van der Waals surface area contributed by atoms with Gasteiger partial charge in [0.1, 0.15) is 11.6 Å². The van der Waals surface area contributed by atoms with Gasteiger partial charge in [0.25, 0.3) is 5.91 Å². The molecule has 32 heavy (non-hydrogen) atoms. The maximum atomic E-state index is 14.7. The normalized spacial score (nSPS) is 22.9. The molecule has 0 spiro atoms. The molecule has 0 aliphatic carbocycles. The van der Waals surface area contributed by atoms with Gasteiger partial charge in [0, 0.05) is 13.0 Å². The highest BCUT2D eigenvalue weighted by Gasteiger charge is 2.49. The van der Waals surface area contributed by atoms with Crippen molar-refractivity contribution in [3.05, 3.63) is 77.1 Å². The van der Waals surface area contributed by atoms with Crippen molar-refractivity contribution in [3.63, 3.8) is 0 Å². The van der Waals surface area contributed by atoms with E-state index in [0.29, 0.717) is 11.1 Å². The maximum absolute atomic E-state index is 14.7. The molecule has 10 heteroatoms. The molecule has 2 heterocycles. The van der Waals surface area contributed by atoms with Crippen LogP contribution in [0.3, 0.4) is 0 Å². The molecule has 166 valence electrons. The molecule has 2 N–H and O–H groups in total. The van der Waals surface area contributed by atoms with Crippen molar-refractivity contribution < 1.29 is 27.1 Å². The number of benzene rings is 2. The summed E-state index contributed by atoms with van der Waals surface area (Å²) >= 11 is 0. The van der Waals surface area contributed by atoms with Crippen LogP contribution >= 0.6 is 0 Å². The highest BCUT2D eigenvalue weighted by Crippen LogP contribution is 2.41. The van der Waals surface area contributed by atoms with Gasteiger partial charge in [-0.2, -0.15) is 13.2 Å². The molecule has 1 unspecified atom stereocenters. The van der Waals surface area contributed by atoms with Crippen LogP contribution in [0.2, 0.25) is 0 Å². The molecule has 0 saturated heterocycles. The lowest BCUT2D eigenvalue weighted by molar-refractivity contribution is -0.129. The van der Waals surface area contributed by atoms with Crippen LogP contribution in [-0.4, -0.2) is 42.9 Å². The number of allylic oxidation sites excluding steroid dienone is 1. The molecular weight excluding hydrogens is 428 g/mol. The molecule has 0 radical (unpaired) electrons. The van der Waals surface area contributed by atoms with Gasteiger partial charge in [-0.1, -0.05) is 24.3 Å². The lowest BCUT2D eigenvalue weighted by atomic mass is 9.81. The summed E-state index contributed by atoms with van der Waals surface area (Å²) in [4.78, 5) is 22.6. The van der Waals surface area contributed by atoms with E-state index in [2.05, 4.69) is 14.7 Å². The Bertz CT molecular complexity index is 1150. The van der Waals surface area contributed by atoms with Gasteiger partial charge < -0.3 is 10.5 Å². The highest BCUT2D eigenvalue weighted by atomic mass is 19.3. The molecule has 2 aliphatic heterocycles. The van der Waals surface area contributed by atoms with Crippen LogP contribution < -0.4 is 10.5 Å². The van der Waals surface area contributed by atoms with Crippen LogP contribution in [0, 0.1) is 5.82 Å². The summed E-state index contributed by atoms with van der Waals surface area (Å²) in [5.41, 5.74) is 5.13. The first-order chi connectivity index (χ1) is 15.2. The number of nitrogens with zero attached hydrogens (tertiary/aromatic N) is 3. The molecule has 0 fully saturated rings. The summed E-state index contributed by atoms with van der Waals surface area (Å²) < 4.78 is 57.3. The molecule has 2 aromatic rings. The number of alkyl halides is 2. The zero-order valence-corrected chi connectivity index (χ0v) is 16.8. The number of nitrogens with two attached hydrogens (primary N) is 1. The van der Waals surface area contributed by atoms with Gasteiger partial charge in [0.2, 0.25) is 5.97 Å². The molecule has 2 aromatic carbocycles. The summed E-state index contributed by atoms with van der Waals surface area (Å²) in [5, 5.41) is 0. The van der Waals surface area contributed by atoms with Crippen LogP contribution in [0.5, 0.6) is 5.75 Å². The first-order valence-corrected chi connectivity index (χ1v) is 9.59. The van der Waals surface area contributed by atoms with Gasteiger partial charge in [-0.3, -0.25) is 14.7 Å². The Morgan fingerprint density at radius 2 is 1.84 bits per heavy atom. The van der Waals surface area contributed by atoms with Crippen LogP contribution in [0.25, 0.3) is 0 Å². The third-order valence-corrected chi connectivity index (χ3v) is 5.46. The van der Waals surface area contributed by atoms with Gasteiger partial charge in [-0.05, 0) is 47.0 Å². The number of hydrogen-bond donors (Lipinski definition) is 1. The second kappa shape index (κ2) is 8.10. The summed E-state index contributed by atoms with van der Waals surface area (Å²) in [6.07, 6.45) is 2.65. The van der Waals surface area contributed by atoms with E-state index in [1.54, 1.807) is 0 Å². The molecular formula is C22H18F4N4O2. The standard InChI is InChI=1S/C22H18F4N4O2/c1-30-19(31)22(29-21(30)27,13-3-6-15(7-4-13)32-20(25)26)14-5-8-17(23)16(10-14)12-2-9-18(24)28-11-12/h2-10,12,20H,11H2,1H3,(H2,27,29)/t12?,22-/m0/s1. The molecule has 2 aliphatic rings. The minimum absolute atomic E-state index is 0.00856. The van der Waals surface area contributed by atoms with E-state index in [1.807, 2.05) is 0 Å². The third-order valence-electron chi connectivity index (χ3n) is 5.46. The SMILES string of the molecule is CN1C(=O)[C@](c2ccc(OC(F)F)cc2)(c2ccc(F)c(C3C=CC(F)=NC3)c2)N=C1N. The summed E-state index contributed by atoms with van der Waals surface area (Å²) in [6.45, 7) is -2.99. The van der Waals surface area contributed by atoms with Crippen LogP contribution in [0.15, 0.2) is 64.6 Å². The predicted molar refractivity (Wildman–Crippen MR) is 110 cm³/mol. The van der Waals surface area contributed by atoms with Crippen molar-refractivity contribution in [2.45, 2.75) is 18.1 Å². The number of ether oxygens (including phenoxy) is 1. The number of carbonyl (C=O) groups excluding carboxylic acids is 1. The molecule has 6 nitrogen and oxygen atoms in total.